The second kappa shape index (κ2) is 12.3. The van der Waals surface area contributed by atoms with E-state index in [1.807, 2.05) is 0 Å². The molecular formula is C26H27ClF2N4O5. The SMILES string of the molecule is O=C(CO)NC1CCC(CCOc2c(F)ccc3nc(C(=O)NCc4ccc(F)c(Cl)c4)[nH]c(=O)c23)CC1. The summed E-state index contributed by atoms with van der Waals surface area (Å²) in [4.78, 5) is 43.3. The van der Waals surface area contributed by atoms with Crippen molar-refractivity contribution in [2.24, 2.45) is 5.92 Å². The first-order valence-electron chi connectivity index (χ1n) is 12.2. The topological polar surface area (TPSA) is 133 Å². The number of nitrogens with one attached hydrogen (secondary N) is 3. The fourth-order valence-electron chi connectivity index (χ4n) is 4.54. The Balaban J connectivity index is 1.39. The molecule has 2 aromatic carbocycles. The lowest BCUT2D eigenvalue weighted by Gasteiger charge is -2.29. The van der Waals surface area contributed by atoms with Crippen LogP contribution in [0.25, 0.3) is 10.9 Å². The number of aromatic nitrogens is 2. The number of aromatic amines is 1. The minimum atomic E-state index is -0.723. The lowest BCUT2D eigenvalue weighted by molar-refractivity contribution is -0.124. The molecule has 1 heterocycles. The van der Waals surface area contributed by atoms with Gasteiger partial charge in [0, 0.05) is 12.6 Å². The number of nitrogens with zero attached hydrogens (tertiary/aromatic N) is 1. The van der Waals surface area contributed by atoms with Gasteiger partial charge < -0.3 is 25.5 Å². The molecule has 2 amide bonds. The van der Waals surface area contributed by atoms with Gasteiger partial charge in [-0.3, -0.25) is 14.4 Å². The molecule has 0 unspecified atom stereocenters. The average Bonchev–Trinajstić information content (AvgIpc) is 2.91. The zero-order valence-corrected chi connectivity index (χ0v) is 21.1. The number of hydrogen-bond acceptors (Lipinski definition) is 6. The quantitative estimate of drug-likeness (QED) is 0.324. The number of hydrogen-bond donors (Lipinski definition) is 4. The van der Waals surface area contributed by atoms with E-state index in [4.69, 9.17) is 21.4 Å². The molecule has 1 saturated carbocycles. The molecule has 0 saturated heterocycles. The summed E-state index contributed by atoms with van der Waals surface area (Å²) in [6.45, 7) is -0.333. The fourth-order valence-corrected chi connectivity index (χ4v) is 4.74. The van der Waals surface area contributed by atoms with Crippen LogP contribution in [0.1, 0.15) is 48.3 Å². The zero-order valence-electron chi connectivity index (χ0n) is 20.4. The first-order chi connectivity index (χ1) is 18.2. The van der Waals surface area contributed by atoms with Gasteiger partial charge in [-0.1, -0.05) is 17.7 Å². The molecule has 4 rings (SSSR count). The molecular weight excluding hydrogens is 522 g/mol. The Morgan fingerprint density at radius 3 is 2.58 bits per heavy atom. The van der Waals surface area contributed by atoms with E-state index in [1.54, 1.807) is 0 Å². The van der Waals surface area contributed by atoms with Crippen molar-refractivity contribution < 1.29 is 28.2 Å². The summed E-state index contributed by atoms with van der Waals surface area (Å²) < 4.78 is 33.6. The van der Waals surface area contributed by atoms with Crippen LogP contribution in [0, 0.1) is 17.6 Å². The van der Waals surface area contributed by atoms with Crippen molar-refractivity contribution >= 4 is 34.3 Å². The Morgan fingerprint density at radius 1 is 1.13 bits per heavy atom. The van der Waals surface area contributed by atoms with Crippen molar-refractivity contribution in [2.75, 3.05) is 13.2 Å². The third-order valence-electron chi connectivity index (χ3n) is 6.56. The minimum absolute atomic E-state index is 0.0219. The number of aliphatic hydroxyl groups excluding tert-OH is 1. The van der Waals surface area contributed by atoms with Crippen LogP contribution in [-0.2, 0) is 11.3 Å². The van der Waals surface area contributed by atoms with E-state index in [0.717, 1.165) is 31.7 Å². The molecule has 0 radical (unpaired) electrons. The number of amides is 2. The van der Waals surface area contributed by atoms with Crippen LogP contribution < -0.4 is 20.9 Å². The van der Waals surface area contributed by atoms with Gasteiger partial charge in [0.05, 0.1) is 17.1 Å². The molecule has 1 aromatic heterocycles. The van der Waals surface area contributed by atoms with Gasteiger partial charge in [0.2, 0.25) is 5.91 Å². The second-order valence-corrected chi connectivity index (χ2v) is 9.60. The van der Waals surface area contributed by atoms with E-state index < -0.39 is 29.7 Å². The van der Waals surface area contributed by atoms with Gasteiger partial charge in [0.15, 0.2) is 17.4 Å². The van der Waals surface area contributed by atoms with Crippen LogP contribution in [-0.4, -0.2) is 46.1 Å². The Morgan fingerprint density at radius 2 is 1.87 bits per heavy atom. The average molecular weight is 549 g/mol. The van der Waals surface area contributed by atoms with Crippen molar-refractivity contribution in [3.8, 4) is 5.75 Å². The molecule has 202 valence electrons. The predicted octanol–water partition coefficient (Wildman–Crippen LogP) is 3.22. The van der Waals surface area contributed by atoms with Crippen LogP contribution in [0.15, 0.2) is 35.1 Å². The van der Waals surface area contributed by atoms with Crippen LogP contribution in [0.2, 0.25) is 5.02 Å². The maximum atomic E-state index is 14.6. The first kappa shape index (κ1) is 27.5. The number of carbonyl (C=O) groups is 2. The van der Waals surface area contributed by atoms with E-state index in [2.05, 4.69) is 20.6 Å². The van der Waals surface area contributed by atoms with Crippen LogP contribution in [0.3, 0.4) is 0 Å². The number of fused-ring (bicyclic) bond motifs is 1. The maximum absolute atomic E-state index is 14.6. The fraction of sp³-hybridized carbons (Fsp3) is 0.385. The van der Waals surface area contributed by atoms with Gasteiger partial charge in [0.1, 0.15) is 17.8 Å². The van der Waals surface area contributed by atoms with E-state index in [1.165, 1.54) is 24.3 Å². The highest BCUT2D eigenvalue weighted by atomic mass is 35.5. The van der Waals surface area contributed by atoms with E-state index in [-0.39, 0.29) is 52.6 Å². The standard InChI is InChI=1S/C26H27ClF2N4O5/c27-17-11-15(3-6-18(17)28)12-30-26(37)24-32-20-8-7-19(29)23(22(20)25(36)33-24)38-10-9-14-1-4-16(5-2-14)31-21(35)13-34/h3,6-8,11,14,16,34H,1-2,4-5,9-10,12-13H2,(H,30,37)(H,31,35)(H,32,33,36). The molecule has 1 fully saturated rings. The molecule has 12 heteroatoms. The van der Waals surface area contributed by atoms with Crippen LogP contribution >= 0.6 is 11.6 Å². The summed E-state index contributed by atoms with van der Waals surface area (Å²) >= 11 is 5.76. The lowest BCUT2D eigenvalue weighted by atomic mass is 9.84. The maximum Gasteiger partial charge on any atom is 0.287 e. The Labute approximate surface area is 221 Å². The molecule has 3 aromatic rings. The highest BCUT2D eigenvalue weighted by Crippen LogP contribution is 2.29. The monoisotopic (exact) mass is 548 g/mol. The van der Waals surface area contributed by atoms with E-state index >= 15 is 0 Å². The smallest absolute Gasteiger partial charge is 0.287 e. The summed E-state index contributed by atoms with van der Waals surface area (Å²) in [7, 11) is 0. The third-order valence-corrected chi connectivity index (χ3v) is 6.85. The molecule has 38 heavy (non-hydrogen) atoms. The number of carbonyl (C=O) groups excluding carboxylic acids is 2. The number of rotatable bonds is 9. The highest BCUT2D eigenvalue weighted by Gasteiger charge is 2.23. The number of ether oxygens (including phenoxy) is 1. The number of benzene rings is 2. The molecule has 0 bridgehead atoms. The van der Waals surface area contributed by atoms with E-state index in [0.29, 0.717) is 17.9 Å². The highest BCUT2D eigenvalue weighted by molar-refractivity contribution is 6.30. The summed E-state index contributed by atoms with van der Waals surface area (Å²) in [5.74, 6) is -2.54. The second-order valence-electron chi connectivity index (χ2n) is 9.20. The molecule has 1 aliphatic rings. The molecule has 1 aliphatic carbocycles. The van der Waals surface area contributed by atoms with Gasteiger partial charge in [-0.05, 0) is 67.9 Å². The number of aliphatic hydroxyl groups is 1. The Bertz CT molecular complexity index is 1390. The van der Waals surface area contributed by atoms with Gasteiger partial charge in [-0.15, -0.1) is 0 Å². The van der Waals surface area contributed by atoms with Gasteiger partial charge in [-0.2, -0.15) is 0 Å². The van der Waals surface area contributed by atoms with Gasteiger partial charge in [-0.25, -0.2) is 13.8 Å². The summed E-state index contributed by atoms with van der Waals surface area (Å²) in [5.41, 5.74) is -0.0751. The van der Waals surface area contributed by atoms with Gasteiger partial charge in [0.25, 0.3) is 11.5 Å². The molecule has 0 spiro atoms. The summed E-state index contributed by atoms with van der Waals surface area (Å²) in [6.07, 6.45) is 3.89. The van der Waals surface area contributed by atoms with Crippen LogP contribution in [0.4, 0.5) is 8.78 Å². The Hall–Kier alpha value is -3.57. The van der Waals surface area contributed by atoms with Crippen molar-refractivity contribution in [2.45, 2.75) is 44.7 Å². The number of halogens is 3. The summed E-state index contributed by atoms with van der Waals surface area (Å²) in [5, 5.41) is 14.0. The van der Waals surface area contributed by atoms with Crippen molar-refractivity contribution in [3.63, 3.8) is 0 Å². The normalized spacial score (nSPS) is 17.3. The zero-order chi connectivity index (χ0) is 27.2. The third kappa shape index (κ3) is 6.65. The predicted molar refractivity (Wildman–Crippen MR) is 136 cm³/mol. The van der Waals surface area contributed by atoms with Crippen molar-refractivity contribution in [1.82, 2.24) is 20.6 Å². The lowest BCUT2D eigenvalue weighted by Crippen LogP contribution is -2.39. The molecule has 4 N–H and O–H groups in total. The van der Waals surface area contributed by atoms with Crippen molar-refractivity contribution in [3.05, 3.63) is 68.7 Å². The number of H-pyrrole nitrogens is 1. The van der Waals surface area contributed by atoms with Crippen molar-refractivity contribution in [1.29, 1.82) is 0 Å². The molecule has 0 aliphatic heterocycles. The van der Waals surface area contributed by atoms with Crippen LogP contribution in [0.5, 0.6) is 5.75 Å². The molecule has 0 atom stereocenters. The first-order valence-corrected chi connectivity index (χ1v) is 12.6. The minimum Gasteiger partial charge on any atom is -0.490 e. The largest absolute Gasteiger partial charge is 0.490 e. The van der Waals surface area contributed by atoms with E-state index in [9.17, 15) is 23.2 Å². The Kier molecular flexibility index (Phi) is 8.90. The summed E-state index contributed by atoms with van der Waals surface area (Å²) in [6, 6.07) is 6.48. The van der Waals surface area contributed by atoms with Gasteiger partial charge >= 0.3 is 0 Å². The molecule has 9 nitrogen and oxygen atoms in total.